The lowest BCUT2D eigenvalue weighted by atomic mass is 10.1. The van der Waals surface area contributed by atoms with Crippen LogP contribution in [0, 0.1) is 25.2 Å². The molecule has 5 nitrogen and oxygen atoms in total. The van der Waals surface area contributed by atoms with Crippen molar-refractivity contribution in [1.82, 2.24) is 0 Å². The highest BCUT2D eigenvalue weighted by Crippen LogP contribution is 2.38. The third-order valence-corrected chi connectivity index (χ3v) is 5.91. The predicted octanol–water partition coefficient (Wildman–Crippen LogP) is 7.15. The van der Waals surface area contributed by atoms with E-state index in [9.17, 15) is 10.1 Å². The molecule has 6 heteroatoms. The third kappa shape index (κ3) is 6.97. The van der Waals surface area contributed by atoms with Gasteiger partial charge in [-0.15, -0.1) is 0 Å². The first-order chi connectivity index (χ1) is 16.8. The minimum atomic E-state index is -0.461. The van der Waals surface area contributed by atoms with Gasteiger partial charge in [-0.1, -0.05) is 54.4 Å². The smallest absolute Gasteiger partial charge is 0.266 e. The van der Waals surface area contributed by atoms with E-state index in [1.54, 1.807) is 12.1 Å². The number of rotatable bonds is 9. The SMILES string of the molecule is CCOc1cc(/C=C(\C#N)C(=O)Nc2ccccc2CC)cc(Br)c1OCc1cc(C)cc(C)c1. The number of nitrogens with one attached hydrogen (secondary N) is 1. The number of carbonyl (C=O) groups excluding carboxylic acids is 1. The molecule has 0 saturated heterocycles. The Bertz CT molecular complexity index is 1270. The van der Waals surface area contributed by atoms with E-state index in [0.29, 0.717) is 40.4 Å². The molecule has 0 unspecified atom stereocenters. The predicted molar refractivity (Wildman–Crippen MR) is 144 cm³/mol. The fraction of sp³-hybridized carbons (Fsp3) is 0.241. The number of nitriles is 1. The summed E-state index contributed by atoms with van der Waals surface area (Å²) >= 11 is 3.57. The first kappa shape index (κ1) is 26.1. The Morgan fingerprint density at radius 1 is 1.06 bits per heavy atom. The topological polar surface area (TPSA) is 71.3 Å². The number of hydrogen-bond acceptors (Lipinski definition) is 4. The van der Waals surface area contributed by atoms with Crippen molar-refractivity contribution in [2.45, 2.75) is 40.7 Å². The Morgan fingerprint density at radius 2 is 1.77 bits per heavy atom. The summed E-state index contributed by atoms with van der Waals surface area (Å²) in [7, 11) is 0. The van der Waals surface area contributed by atoms with Gasteiger partial charge in [0.15, 0.2) is 11.5 Å². The van der Waals surface area contributed by atoms with Crippen molar-refractivity contribution in [3.8, 4) is 17.6 Å². The molecule has 0 fully saturated rings. The van der Waals surface area contributed by atoms with Crippen LogP contribution in [-0.4, -0.2) is 12.5 Å². The minimum Gasteiger partial charge on any atom is -0.490 e. The quantitative estimate of drug-likeness (QED) is 0.234. The first-order valence-corrected chi connectivity index (χ1v) is 12.3. The fourth-order valence-corrected chi connectivity index (χ4v) is 4.41. The van der Waals surface area contributed by atoms with Gasteiger partial charge < -0.3 is 14.8 Å². The molecular weight excluding hydrogens is 504 g/mol. The molecule has 1 N–H and O–H groups in total. The second-order valence-corrected chi connectivity index (χ2v) is 9.04. The normalized spacial score (nSPS) is 11.0. The lowest BCUT2D eigenvalue weighted by Crippen LogP contribution is -2.14. The maximum atomic E-state index is 12.8. The molecule has 3 rings (SSSR count). The number of carbonyl (C=O) groups is 1. The molecule has 0 aromatic heterocycles. The van der Waals surface area contributed by atoms with Gasteiger partial charge in [-0.25, -0.2) is 0 Å². The van der Waals surface area contributed by atoms with Gasteiger partial charge in [0.05, 0.1) is 11.1 Å². The van der Waals surface area contributed by atoms with Crippen LogP contribution >= 0.6 is 15.9 Å². The molecule has 35 heavy (non-hydrogen) atoms. The monoisotopic (exact) mass is 532 g/mol. The minimum absolute atomic E-state index is 0.00541. The molecule has 0 aliphatic carbocycles. The van der Waals surface area contributed by atoms with Gasteiger partial charge in [-0.3, -0.25) is 4.79 Å². The van der Waals surface area contributed by atoms with Crippen LogP contribution in [-0.2, 0) is 17.8 Å². The van der Waals surface area contributed by atoms with Crippen molar-refractivity contribution in [2.24, 2.45) is 0 Å². The molecule has 0 saturated carbocycles. The van der Waals surface area contributed by atoms with Crippen molar-refractivity contribution in [3.63, 3.8) is 0 Å². The van der Waals surface area contributed by atoms with Crippen molar-refractivity contribution >= 4 is 33.6 Å². The van der Waals surface area contributed by atoms with Gasteiger partial charge in [0.1, 0.15) is 18.2 Å². The number of halogens is 1. The van der Waals surface area contributed by atoms with Crippen LogP contribution < -0.4 is 14.8 Å². The number of nitrogens with zero attached hydrogens (tertiary/aromatic N) is 1. The summed E-state index contributed by atoms with van der Waals surface area (Å²) in [6, 6.07) is 19.5. The number of amides is 1. The highest BCUT2D eigenvalue weighted by Gasteiger charge is 2.15. The van der Waals surface area contributed by atoms with Crippen LogP contribution in [0.25, 0.3) is 6.08 Å². The van der Waals surface area contributed by atoms with Gasteiger partial charge >= 0.3 is 0 Å². The number of hydrogen-bond donors (Lipinski definition) is 1. The molecule has 0 bridgehead atoms. The lowest BCUT2D eigenvalue weighted by molar-refractivity contribution is -0.112. The number of para-hydroxylation sites is 1. The van der Waals surface area contributed by atoms with Crippen LogP contribution in [0.5, 0.6) is 11.5 Å². The summed E-state index contributed by atoms with van der Waals surface area (Å²) in [6.45, 7) is 8.86. The molecule has 3 aromatic carbocycles. The van der Waals surface area contributed by atoms with E-state index in [-0.39, 0.29) is 5.57 Å². The molecule has 180 valence electrons. The van der Waals surface area contributed by atoms with E-state index < -0.39 is 5.91 Å². The standard InChI is InChI=1S/C29H29BrN2O3/c1-5-23-9-7-8-10-26(23)32-29(33)24(17-31)14-21-15-25(30)28(27(16-21)34-6-2)35-18-22-12-19(3)11-20(4)13-22/h7-16H,5-6,18H2,1-4H3,(H,32,33)/b24-14+. The Kier molecular flexibility index (Phi) is 9.11. The zero-order chi connectivity index (χ0) is 25.4. The average molecular weight is 533 g/mol. The van der Waals surface area contributed by atoms with Crippen molar-refractivity contribution < 1.29 is 14.3 Å². The van der Waals surface area contributed by atoms with Gasteiger partial charge in [-0.2, -0.15) is 5.26 Å². The van der Waals surface area contributed by atoms with Crippen LogP contribution in [0.1, 0.15) is 41.7 Å². The Labute approximate surface area is 215 Å². The Hall–Kier alpha value is -3.56. The molecule has 0 heterocycles. The van der Waals surface area contributed by atoms with Gasteiger partial charge in [0.25, 0.3) is 5.91 Å². The number of ether oxygens (including phenoxy) is 2. The van der Waals surface area contributed by atoms with E-state index >= 15 is 0 Å². The molecule has 0 spiro atoms. The second-order valence-electron chi connectivity index (χ2n) is 8.18. The van der Waals surface area contributed by atoms with Gasteiger partial charge in [-0.05, 0) is 84.1 Å². The second kappa shape index (κ2) is 12.2. The van der Waals surface area contributed by atoms with Crippen LogP contribution in [0.4, 0.5) is 5.69 Å². The number of aryl methyl sites for hydroxylation is 3. The number of anilines is 1. The molecule has 3 aromatic rings. The molecule has 0 atom stereocenters. The van der Waals surface area contributed by atoms with E-state index in [0.717, 1.165) is 17.5 Å². The molecule has 0 aliphatic heterocycles. The van der Waals surface area contributed by atoms with Crippen molar-refractivity contribution in [2.75, 3.05) is 11.9 Å². The zero-order valence-corrected chi connectivity index (χ0v) is 22.0. The van der Waals surface area contributed by atoms with Crippen molar-refractivity contribution in [1.29, 1.82) is 5.26 Å². The highest BCUT2D eigenvalue weighted by molar-refractivity contribution is 9.10. The summed E-state index contributed by atoms with van der Waals surface area (Å²) in [5, 5.41) is 12.5. The summed E-state index contributed by atoms with van der Waals surface area (Å²) in [6.07, 6.45) is 2.32. The summed E-state index contributed by atoms with van der Waals surface area (Å²) in [5.74, 6) is 0.646. The average Bonchev–Trinajstić information content (AvgIpc) is 2.82. The summed E-state index contributed by atoms with van der Waals surface area (Å²) in [4.78, 5) is 12.8. The van der Waals surface area contributed by atoms with E-state index in [1.807, 2.05) is 50.2 Å². The first-order valence-electron chi connectivity index (χ1n) is 11.5. The van der Waals surface area contributed by atoms with E-state index in [4.69, 9.17) is 9.47 Å². The number of benzene rings is 3. The third-order valence-electron chi connectivity index (χ3n) is 5.32. The maximum absolute atomic E-state index is 12.8. The molecular formula is C29H29BrN2O3. The van der Waals surface area contributed by atoms with Gasteiger partial charge in [0, 0.05) is 5.69 Å². The maximum Gasteiger partial charge on any atom is 0.266 e. The van der Waals surface area contributed by atoms with Crippen LogP contribution in [0.15, 0.2) is 64.6 Å². The van der Waals surface area contributed by atoms with E-state index in [1.165, 1.54) is 11.1 Å². The fourth-order valence-electron chi connectivity index (χ4n) is 3.84. The lowest BCUT2D eigenvalue weighted by Gasteiger charge is -2.15. The molecule has 1 amide bonds. The Morgan fingerprint density at radius 3 is 2.43 bits per heavy atom. The molecule has 0 aliphatic rings. The van der Waals surface area contributed by atoms with Crippen molar-refractivity contribution in [3.05, 3.63) is 92.5 Å². The van der Waals surface area contributed by atoms with Crippen LogP contribution in [0.2, 0.25) is 0 Å². The molecule has 0 radical (unpaired) electrons. The van der Waals surface area contributed by atoms with Crippen LogP contribution in [0.3, 0.4) is 0 Å². The zero-order valence-electron chi connectivity index (χ0n) is 20.4. The highest BCUT2D eigenvalue weighted by atomic mass is 79.9. The van der Waals surface area contributed by atoms with Gasteiger partial charge in [0.2, 0.25) is 0 Å². The summed E-state index contributed by atoms with van der Waals surface area (Å²) in [5.41, 5.74) is 5.77. The largest absolute Gasteiger partial charge is 0.490 e. The summed E-state index contributed by atoms with van der Waals surface area (Å²) < 4.78 is 12.6. The Balaban J connectivity index is 1.87. The van der Waals surface area contributed by atoms with E-state index in [2.05, 4.69) is 53.3 Å².